The molecule has 0 unspecified atom stereocenters. The van der Waals surface area contributed by atoms with E-state index in [-0.39, 0.29) is 5.13 Å². The highest BCUT2D eigenvalue weighted by molar-refractivity contribution is 9.08. The van der Waals surface area contributed by atoms with E-state index in [0.29, 0.717) is 0 Å². The number of hydrogen-bond donors (Lipinski definition) is 0. The summed E-state index contributed by atoms with van der Waals surface area (Å²) in [6.07, 6.45) is 0. The molecule has 1 aromatic rings. The lowest BCUT2D eigenvalue weighted by Gasteiger charge is -1.77. The van der Waals surface area contributed by atoms with Crippen LogP contribution in [-0.2, 0) is 5.33 Å². The molecule has 0 saturated heterocycles. The first kappa shape index (κ1) is 6.23. The van der Waals surface area contributed by atoms with Crippen LogP contribution in [-0.4, -0.2) is 0 Å². The Bertz CT molecular complexity index is 173. The van der Waals surface area contributed by atoms with E-state index >= 15 is 0 Å². The Hall–Kier alpha value is 0.110. The SMILES string of the molecule is Fc1ccc(CBr)s1. The zero-order valence-electron chi connectivity index (χ0n) is 4.03. The summed E-state index contributed by atoms with van der Waals surface area (Å²) >= 11 is 4.39. The maximum Gasteiger partial charge on any atom is 0.176 e. The Kier molecular flexibility index (Phi) is 2.02. The molecule has 1 aromatic heterocycles. The molecule has 0 aliphatic rings. The average Bonchev–Trinajstić information content (AvgIpc) is 2.14. The van der Waals surface area contributed by atoms with Gasteiger partial charge in [-0.1, -0.05) is 15.9 Å². The first-order valence-corrected chi connectivity index (χ1v) is 4.07. The third-order valence-corrected chi connectivity index (χ3v) is 2.61. The molecule has 0 N–H and O–H groups in total. The maximum absolute atomic E-state index is 12.1. The molecule has 0 aliphatic heterocycles. The summed E-state index contributed by atoms with van der Waals surface area (Å²) in [7, 11) is 0. The third kappa shape index (κ3) is 1.29. The van der Waals surface area contributed by atoms with Crippen LogP contribution in [0.25, 0.3) is 0 Å². The molecule has 0 radical (unpaired) electrons. The van der Waals surface area contributed by atoms with Gasteiger partial charge in [-0.05, 0) is 12.1 Å². The number of rotatable bonds is 1. The molecular formula is C5H4BrFS. The Morgan fingerprint density at radius 2 is 2.38 bits per heavy atom. The molecule has 0 fully saturated rings. The van der Waals surface area contributed by atoms with Crippen LogP contribution in [0.1, 0.15) is 4.88 Å². The highest BCUT2D eigenvalue weighted by atomic mass is 79.9. The van der Waals surface area contributed by atoms with Gasteiger partial charge in [0, 0.05) is 10.2 Å². The highest BCUT2D eigenvalue weighted by Crippen LogP contribution is 2.16. The van der Waals surface area contributed by atoms with Gasteiger partial charge in [-0.25, -0.2) is 0 Å². The number of thiophene rings is 1. The minimum Gasteiger partial charge on any atom is -0.195 e. The van der Waals surface area contributed by atoms with Crippen molar-refractivity contribution in [2.45, 2.75) is 5.33 Å². The predicted octanol–water partition coefficient (Wildman–Crippen LogP) is 2.78. The monoisotopic (exact) mass is 194 g/mol. The fourth-order valence-electron chi connectivity index (χ4n) is 0.424. The molecule has 0 aliphatic carbocycles. The number of hydrogen-bond acceptors (Lipinski definition) is 1. The van der Waals surface area contributed by atoms with E-state index in [1.165, 1.54) is 17.4 Å². The van der Waals surface area contributed by atoms with E-state index in [2.05, 4.69) is 15.9 Å². The minimum atomic E-state index is -0.112. The van der Waals surface area contributed by atoms with E-state index in [9.17, 15) is 4.39 Å². The molecule has 0 nitrogen and oxygen atoms in total. The third-order valence-electron chi connectivity index (χ3n) is 0.761. The van der Waals surface area contributed by atoms with Crippen molar-refractivity contribution in [3.8, 4) is 0 Å². The lowest BCUT2D eigenvalue weighted by molar-refractivity contribution is 0.657. The maximum atomic E-state index is 12.1. The summed E-state index contributed by atoms with van der Waals surface area (Å²) in [5.41, 5.74) is 0. The molecule has 0 aromatic carbocycles. The largest absolute Gasteiger partial charge is 0.195 e. The fraction of sp³-hybridized carbons (Fsp3) is 0.200. The van der Waals surface area contributed by atoms with Crippen LogP contribution in [0, 0.1) is 5.13 Å². The number of halogens is 2. The Morgan fingerprint density at radius 3 is 2.62 bits per heavy atom. The normalized spacial score (nSPS) is 9.75. The van der Waals surface area contributed by atoms with E-state index in [0.717, 1.165) is 10.2 Å². The summed E-state index contributed by atoms with van der Waals surface area (Å²) in [5.74, 6) is 0. The quantitative estimate of drug-likeness (QED) is 0.604. The fourth-order valence-corrected chi connectivity index (χ4v) is 1.53. The van der Waals surface area contributed by atoms with Gasteiger partial charge in [0.15, 0.2) is 5.13 Å². The van der Waals surface area contributed by atoms with Crippen molar-refractivity contribution in [2.24, 2.45) is 0 Å². The number of alkyl halides is 1. The summed E-state index contributed by atoms with van der Waals surface area (Å²) in [6.45, 7) is 0. The summed E-state index contributed by atoms with van der Waals surface area (Å²) in [5, 5.41) is 0.640. The topological polar surface area (TPSA) is 0 Å². The van der Waals surface area contributed by atoms with E-state index in [1.807, 2.05) is 0 Å². The van der Waals surface area contributed by atoms with Crippen LogP contribution in [0.4, 0.5) is 4.39 Å². The molecule has 1 heterocycles. The van der Waals surface area contributed by atoms with Gasteiger partial charge in [0.25, 0.3) is 0 Å². The van der Waals surface area contributed by atoms with Gasteiger partial charge in [0.1, 0.15) is 0 Å². The zero-order valence-corrected chi connectivity index (χ0v) is 6.43. The van der Waals surface area contributed by atoms with Gasteiger partial charge in [-0.3, -0.25) is 0 Å². The van der Waals surface area contributed by atoms with Gasteiger partial charge in [0.05, 0.1) is 0 Å². The van der Waals surface area contributed by atoms with Crippen molar-refractivity contribution in [1.29, 1.82) is 0 Å². The zero-order chi connectivity index (χ0) is 5.98. The summed E-state index contributed by atoms with van der Waals surface area (Å²) in [4.78, 5) is 1.03. The van der Waals surface area contributed by atoms with E-state index in [1.54, 1.807) is 6.07 Å². The van der Waals surface area contributed by atoms with Crippen LogP contribution in [0.3, 0.4) is 0 Å². The molecule has 0 atom stereocenters. The van der Waals surface area contributed by atoms with Crippen LogP contribution < -0.4 is 0 Å². The molecule has 0 spiro atoms. The lowest BCUT2D eigenvalue weighted by atomic mass is 10.5. The van der Waals surface area contributed by atoms with Crippen LogP contribution in [0.2, 0.25) is 0 Å². The Morgan fingerprint density at radius 1 is 1.62 bits per heavy atom. The van der Waals surface area contributed by atoms with Crippen molar-refractivity contribution in [3.05, 3.63) is 22.1 Å². The standard InChI is InChI=1S/C5H4BrFS/c6-3-4-1-2-5(7)8-4/h1-2H,3H2. The van der Waals surface area contributed by atoms with Crippen LogP contribution in [0.15, 0.2) is 12.1 Å². The minimum absolute atomic E-state index is 0.112. The van der Waals surface area contributed by atoms with Crippen molar-refractivity contribution in [3.63, 3.8) is 0 Å². The Labute approximate surface area is 59.5 Å². The second kappa shape index (κ2) is 2.60. The second-order valence-electron chi connectivity index (χ2n) is 1.34. The van der Waals surface area contributed by atoms with Gasteiger partial charge in [-0.2, -0.15) is 4.39 Å². The molecule has 8 heavy (non-hydrogen) atoms. The molecule has 0 bridgehead atoms. The Balaban J connectivity index is 2.84. The first-order chi connectivity index (χ1) is 3.83. The van der Waals surface area contributed by atoms with Crippen LogP contribution in [0.5, 0.6) is 0 Å². The van der Waals surface area contributed by atoms with Crippen molar-refractivity contribution < 1.29 is 4.39 Å². The highest BCUT2D eigenvalue weighted by Gasteiger charge is 1.93. The van der Waals surface area contributed by atoms with Crippen LogP contribution >= 0.6 is 27.3 Å². The second-order valence-corrected chi connectivity index (χ2v) is 3.02. The van der Waals surface area contributed by atoms with Gasteiger partial charge >= 0.3 is 0 Å². The lowest BCUT2D eigenvalue weighted by Crippen LogP contribution is -1.58. The molecule has 3 heteroatoms. The van der Waals surface area contributed by atoms with Gasteiger partial charge < -0.3 is 0 Å². The van der Waals surface area contributed by atoms with E-state index < -0.39 is 0 Å². The predicted molar refractivity (Wildman–Crippen MR) is 36.9 cm³/mol. The smallest absolute Gasteiger partial charge is 0.176 e. The van der Waals surface area contributed by atoms with Crippen molar-refractivity contribution in [1.82, 2.24) is 0 Å². The van der Waals surface area contributed by atoms with E-state index in [4.69, 9.17) is 0 Å². The molecule has 0 saturated carbocycles. The average molecular weight is 195 g/mol. The molecular weight excluding hydrogens is 191 g/mol. The molecule has 1 rings (SSSR count). The van der Waals surface area contributed by atoms with Crippen molar-refractivity contribution in [2.75, 3.05) is 0 Å². The van der Waals surface area contributed by atoms with Gasteiger partial charge in [0.2, 0.25) is 0 Å². The molecule has 0 amide bonds. The molecule has 44 valence electrons. The summed E-state index contributed by atoms with van der Waals surface area (Å²) in [6, 6.07) is 3.25. The van der Waals surface area contributed by atoms with Gasteiger partial charge in [-0.15, -0.1) is 11.3 Å². The van der Waals surface area contributed by atoms with Crippen molar-refractivity contribution >= 4 is 27.3 Å². The summed E-state index contributed by atoms with van der Waals surface area (Å²) < 4.78 is 12.1. The first-order valence-electron chi connectivity index (χ1n) is 2.13.